The van der Waals surface area contributed by atoms with Crippen LogP contribution in [-0.2, 0) is 21.0 Å². The van der Waals surface area contributed by atoms with Gasteiger partial charge in [0.2, 0.25) is 12.3 Å². The van der Waals surface area contributed by atoms with Crippen molar-refractivity contribution in [3.63, 3.8) is 0 Å². The first-order valence-corrected chi connectivity index (χ1v) is 13.1. The van der Waals surface area contributed by atoms with Gasteiger partial charge in [0.15, 0.2) is 0 Å². The molecule has 0 saturated heterocycles. The fourth-order valence-corrected chi connectivity index (χ4v) is 4.14. The van der Waals surface area contributed by atoms with Crippen LogP contribution in [0.25, 0.3) is 11.1 Å². The van der Waals surface area contributed by atoms with Crippen LogP contribution < -0.4 is 10.6 Å². The number of rotatable bonds is 15. The minimum atomic E-state index is -0.455. The Kier molecular flexibility index (Phi) is 11.5. The highest BCUT2D eigenvalue weighted by molar-refractivity contribution is 5.95. The van der Waals surface area contributed by atoms with E-state index in [1.807, 2.05) is 73.7 Å². The Hall–Kier alpha value is -3.97. The van der Waals surface area contributed by atoms with Gasteiger partial charge < -0.3 is 10.6 Å². The van der Waals surface area contributed by atoms with Crippen LogP contribution >= 0.6 is 0 Å². The van der Waals surface area contributed by atoms with Crippen molar-refractivity contribution in [1.82, 2.24) is 15.7 Å². The van der Waals surface area contributed by atoms with E-state index in [0.29, 0.717) is 18.4 Å². The molecule has 38 heavy (non-hydrogen) atoms. The minimum absolute atomic E-state index is 0.0113. The van der Waals surface area contributed by atoms with Crippen molar-refractivity contribution < 1.29 is 19.2 Å². The number of carbonyl (C=O) groups excluding carboxylic acids is 3. The van der Waals surface area contributed by atoms with Crippen LogP contribution in [-0.4, -0.2) is 36.5 Å². The summed E-state index contributed by atoms with van der Waals surface area (Å²) in [7, 11) is 0. The van der Waals surface area contributed by atoms with Gasteiger partial charge in [0.05, 0.1) is 19.1 Å². The summed E-state index contributed by atoms with van der Waals surface area (Å²) in [5.74, 6) is -0.961. The van der Waals surface area contributed by atoms with Crippen LogP contribution in [0.3, 0.4) is 0 Å². The summed E-state index contributed by atoms with van der Waals surface area (Å²) in [6, 6.07) is 25.0. The Balaban J connectivity index is 1.55. The van der Waals surface area contributed by atoms with Crippen molar-refractivity contribution in [3.05, 3.63) is 95.6 Å². The van der Waals surface area contributed by atoms with Gasteiger partial charge >= 0.3 is 0 Å². The monoisotopic (exact) mass is 515 g/mol. The number of nitrogens with zero attached hydrogens (tertiary/aromatic N) is 1. The van der Waals surface area contributed by atoms with Crippen LogP contribution in [0, 0.1) is 12.8 Å². The fraction of sp³-hybridized carbons (Fsp3) is 0.323. The third-order valence-corrected chi connectivity index (χ3v) is 6.27. The van der Waals surface area contributed by atoms with E-state index in [2.05, 4.69) is 23.6 Å². The third-order valence-electron chi connectivity index (χ3n) is 6.27. The topological polar surface area (TPSA) is 87.7 Å². The van der Waals surface area contributed by atoms with Gasteiger partial charge in [0, 0.05) is 5.56 Å². The zero-order chi connectivity index (χ0) is 27.2. The van der Waals surface area contributed by atoms with E-state index in [1.54, 1.807) is 6.07 Å². The summed E-state index contributed by atoms with van der Waals surface area (Å²) in [5, 5.41) is 6.75. The fourth-order valence-electron chi connectivity index (χ4n) is 4.14. The second-order valence-corrected chi connectivity index (χ2v) is 9.33. The van der Waals surface area contributed by atoms with Gasteiger partial charge in [-0.05, 0) is 42.2 Å². The Bertz CT molecular complexity index is 1180. The first kappa shape index (κ1) is 28.6. The average Bonchev–Trinajstić information content (AvgIpc) is 2.95. The van der Waals surface area contributed by atoms with Crippen LogP contribution in [0.1, 0.15) is 54.1 Å². The van der Waals surface area contributed by atoms with Crippen LogP contribution in [0.5, 0.6) is 0 Å². The van der Waals surface area contributed by atoms with Crippen molar-refractivity contribution in [3.8, 4) is 11.1 Å². The summed E-state index contributed by atoms with van der Waals surface area (Å²) in [4.78, 5) is 43.0. The summed E-state index contributed by atoms with van der Waals surface area (Å²) in [6.45, 7) is 4.49. The summed E-state index contributed by atoms with van der Waals surface area (Å²) in [5.41, 5.74) is 4.58. The number of aryl methyl sites for hydroxylation is 1. The lowest BCUT2D eigenvalue weighted by Crippen LogP contribution is -2.43. The lowest BCUT2D eigenvalue weighted by atomic mass is 10.00. The number of amides is 3. The predicted molar refractivity (Wildman–Crippen MR) is 149 cm³/mol. The van der Waals surface area contributed by atoms with Gasteiger partial charge in [0.25, 0.3) is 5.91 Å². The largest absolute Gasteiger partial charge is 0.338 e. The third kappa shape index (κ3) is 9.16. The number of hydroxylamine groups is 2. The molecule has 0 bridgehead atoms. The number of hydrogen-bond donors (Lipinski definition) is 2. The molecule has 0 heterocycles. The molecule has 3 amide bonds. The molecule has 7 heteroatoms. The highest BCUT2D eigenvalue weighted by Gasteiger charge is 2.22. The van der Waals surface area contributed by atoms with Crippen molar-refractivity contribution >= 4 is 18.2 Å². The predicted octanol–water partition coefficient (Wildman–Crippen LogP) is 5.25. The molecular weight excluding hydrogens is 478 g/mol. The van der Waals surface area contributed by atoms with E-state index < -0.39 is 5.92 Å². The number of nitrogens with one attached hydrogen (secondary N) is 2. The van der Waals surface area contributed by atoms with Gasteiger partial charge in [-0.2, -0.15) is 0 Å². The maximum absolute atomic E-state index is 13.0. The van der Waals surface area contributed by atoms with Crippen molar-refractivity contribution in [2.75, 3.05) is 13.2 Å². The standard InChI is InChI=1S/C31H37N3O4/c1-3-4-6-14-29(20-34(23-35)38-21-25-12-7-5-8-13-25)31(37)33-22-32-30(36)28-17-10-16-27(19-28)26-15-9-11-24(2)18-26/h5,7-13,15-19,23,29H,3-4,6,14,20-22H2,1-2H3,(H,32,36)(H,33,37)/t29-/m1/s1. The Morgan fingerprint density at radius 2 is 1.66 bits per heavy atom. The van der Waals surface area contributed by atoms with E-state index in [1.165, 1.54) is 5.06 Å². The molecule has 3 rings (SSSR count). The van der Waals surface area contributed by atoms with E-state index >= 15 is 0 Å². The van der Waals surface area contributed by atoms with Gasteiger partial charge in [-0.25, -0.2) is 5.06 Å². The van der Waals surface area contributed by atoms with E-state index in [9.17, 15) is 14.4 Å². The van der Waals surface area contributed by atoms with Gasteiger partial charge in [0.1, 0.15) is 6.61 Å². The molecule has 3 aromatic carbocycles. The Morgan fingerprint density at radius 3 is 2.37 bits per heavy atom. The molecular formula is C31H37N3O4. The number of unbranched alkanes of at least 4 members (excludes halogenated alkanes) is 2. The summed E-state index contributed by atoms with van der Waals surface area (Å²) >= 11 is 0. The molecule has 0 spiro atoms. The molecule has 2 N–H and O–H groups in total. The van der Waals surface area contributed by atoms with Gasteiger partial charge in [-0.3, -0.25) is 19.2 Å². The average molecular weight is 516 g/mol. The summed E-state index contributed by atoms with van der Waals surface area (Å²) < 4.78 is 0. The lowest BCUT2D eigenvalue weighted by Gasteiger charge is -2.23. The van der Waals surface area contributed by atoms with Crippen LogP contribution in [0.15, 0.2) is 78.9 Å². The minimum Gasteiger partial charge on any atom is -0.338 e. The van der Waals surface area contributed by atoms with Crippen LogP contribution in [0.2, 0.25) is 0 Å². The first-order valence-electron chi connectivity index (χ1n) is 13.1. The SMILES string of the molecule is CCCCC[C@H](CN(C=O)OCc1ccccc1)C(=O)NCNC(=O)c1cccc(-c2cccc(C)c2)c1. The zero-order valence-corrected chi connectivity index (χ0v) is 22.2. The molecule has 0 unspecified atom stereocenters. The van der Waals surface area contributed by atoms with Crippen molar-refractivity contribution in [2.24, 2.45) is 5.92 Å². The van der Waals surface area contributed by atoms with Crippen molar-refractivity contribution in [2.45, 2.75) is 46.1 Å². The Labute approximate surface area is 225 Å². The normalized spacial score (nSPS) is 11.4. The molecule has 0 saturated carbocycles. The number of hydrogen-bond acceptors (Lipinski definition) is 4. The maximum atomic E-state index is 13.0. The number of benzene rings is 3. The van der Waals surface area contributed by atoms with Gasteiger partial charge in [-0.15, -0.1) is 0 Å². The van der Waals surface area contributed by atoms with E-state index in [-0.39, 0.29) is 31.6 Å². The zero-order valence-electron chi connectivity index (χ0n) is 22.2. The first-order chi connectivity index (χ1) is 18.5. The lowest BCUT2D eigenvalue weighted by molar-refractivity contribution is -0.182. The Morgan fingerprint density at radius 1 is 0.921 bits per heavy atom. The van der Waals surface area contributed by atoms with E-state index in [4.69, 9.17) is 4.84 Å². The molecule has 0 aliphatic heterocycles. The highest BCUT2D eigenvalue weighted by atomic mass is 16.7. The molecule has 200 valence electrons. The van der Waals surface area contributed by atoms with Gasteiger partial charge in [-0.1, -0.05) is 98.5 Å². The maximum Gasteiger partial charge on any atom is 0.252 e. The smallest absolute Gasteiger partial charge is 0.252 e. The van der Waals surface area contributed by atoms with E-state index in [0.717, 1.165) is 41.5 Å². The molecule has 7 nitrogen and oxygen atoms in total. The molecule has 0 aromatic heterocycles. The van der Waals surface area contributed by atoms with Crippen molar-refractivity contribution in [1.29, 1.82) is 0 Å². The van der Waals surface area contributed by atoms with Crippen LogP contribution in [0.4, 0.5) is 0 Å². The molecule has 0 aliphatic carbocycles. The highest BCUT2D eigenvalue weighted by Crippen LogP contribution is 2.21. The quantitative estimate of drug-likeness (QED) is 0.125. The summed E-state index contributed by atoms with van der Waals surface area (Å²) in [6.07, 6.45) is 4.09. The molecule has 0 radical (unpaired) electrons. The molecule has 1 atom stereocenters. The molecule has 0 aliphatic rings. The second kappa shape index (κ2) is 15.3. The molecule has 0 fully saturated rings. The second-order valence-electron chi connectivity index (χ2n) is 9.33. The number of carbonyl (C=O) groups is 3. The molecule has 3 aromatic rings.